The van der Waals surface area contributed by atoms with E-state index in [2.05, 4.69) is 16.0 Å². The normalized spacial score (nSPS) is 13.8. The van der Waals surface area contributed by atoms with Gasteiger partial charge in [0.15, 0.2) is 6.10 Å². The molecule has 0 bridgehead atoms. The molecule has 0 aliphatic carbocycles. The minimum atomic E-state index is -1.17. The van der Waals surface area contributed by atoms with Gasteiger partial charge in [-0.3, -0.25) is 4.98 Å². The average Bonchev–Trinajstić information content (AvgIpc) is 2.91. The van der Waals surface area contributed by atoms with Crippen molar-refractivity contribution >= 4 is 27.6 Å². The van der Waals surface area contributed by atoms with Crippen LogP contribution < -0.4 is 4.74 Å². The van der Waals surface area contributed by atoms with Gasteiger partial charge in [0.25, 0.3) is 0 Å². The van der Waals surface area contributed by atoms with Gasteiger partial charge < -0.3 is 14.6 Å². The zero-order valence-corrected chi connectivity index (χ0v) is 22.4. The number of fused-ring (bicyclic) bond motifs is 1. The van der Waals surface area contributed by atoms with Crippen LogP contribution in [0.3, 0.4) is 0 Å². The Morgan fingerprint density at radius 3 is 2.59 bits per heavy atom. The number of aryl methyl sites for hydroxylation is 1. The van der Waals surface area contributed by atoms with Gasteiger partial charge in [-0.05, 0) is 85.0 Å². The van der Waals surface area contributed by atoms with Crippen molar-refractivity contribution in [1.29, 1.82) is 0 Å². The largest absolute Gasteiger partial charge is 0.493 e. The van der Waals surface area contributed by atoms with Crippen molar-refractivity contribution in [3.8, 4) is 28.0 Å². The summed E-state index contributed by atoms with van der Waals surface area (Å²) in [6.45, 7) is 8.18. The second-order valence-corrected chi connectivity index (χ2v) is 10.9. The fourth-order valence-corrected chi connectivity index (χ4v) is 5.51. The molecule has 0 saturated carbocycles. The molecule has 0 fully saturated rings. The number of carbonyl (C=O) groups is 1. The van der Waals surface area contributed by atoms with Crippen molar-refractivity contribution in [2.45, 2.75) is 45.8 Å². The summed E-state index contributed by atoms with van der Waals surface area (Å²) in [6, 6.07) is 14.2. The molecular formula is C32H29N3O4. The maximum absolute atomic E-state index is 12.7. The van der Waals surface area contributed by atoms with Crippen LogP contribution >= 0.6 is 0 Å². The lowest BCUT2D eigenvalue weighted by molar-refractivity contribution is -0.160. The van der Waals surface area contributed by atoms with Crippen molar-refractivity contribution in [1.82, 2.24) is 15.0 Å². The van der Waals surface area contributed by atoms with Crippen LogP contribution in [0.4, 0.5) is 0 Å². The molecule has 1 atom stereocenters. The standard InChI is InChI=1S/C32H29N3O4/c1-18-13-21-14-20(22-15-33-17-34-16-22)5-6-23(21)28(26(18)30(31(36)37)39-32(2,3)4)24-7-8-25-27-19(10-12-38-25)9-11-35-29(24)27/h5-9,11,13-17,30H,10,12H2,1-4H3,(H,36,37). The monoisotopic (exact) mass is 519 g/mol. The van der Waals surface area contributed by atoms with Crippen LogP contribution in [0.1, 0.15) is 43.6 Å². The number of ether oxygens (including phenoxy) is 2. The van der Waals surface area contributed by atoms with Crippen molar-refractivity contribution in [3.05, 3.63) is 84.1 Å². The first-order chi connectivity index (χ1) is 18.7. The summed E-state index contributed by atoms with van der Waals surface area (Å²) < 4.78 is 12.2. The number of aliphatic carboxylic acids is 1. The van der Waals surface area contributed by atoms with Gasteiger partial charge in [0.05, 0.1) is 17.7 Å². The van der Waals surface area contributed by atoms with E-state index in [0.717, 1.165) is 61.7 Å². The Morgan fingerprint density at radius 2 is 1.85 bits per heavy atom. The average molecular weight is 520 g/mol. The van der Waals surface area contributed by atoms with E-state index >= 15 is 0 Å². The van der Waals surface area contributed by atoms with Gasteiger partial charge in [-0.15, -0.1) is 0 Å². The van der Waals surface area contributed by atoms with Crippen LogP contribution in [0.15, 0.2) is 67.4 Å². The van der Waals surface area contributed by atoms with E-state index in [1.807, 2.05) is 70.3 Å². The van der Waals surface area contributed by atoms with Gasteiger partial charge >= 0.3 is 5.97 Å². The highest BCUT2D eigenvalue weighted by molar-refractivity contribution is 6.09. The number of pyridine rings is 1. The molecule has 3 heterocycles. The second-order valence-electron chi connectivity index (χ2n) is 10.9. The van der Waals surface area contributed by atoms with Crippen LogP contribution in [0, 0.1) is 6.92 Å². The molecule has 1 unspecified atom stereocenters. The van der Waals surface area contributed by atoms with Crippen LogP contribution in [-0.4, -0.2) is 38.2 Å². The minimum absolute atomic E-state index is 0.622. The Hall–Kier alpha value is -4.36. The summed E-state index contributed by atoms with van der Waals surface area (Å²) >= 11 is 0. The van der Waals surface area contributed by atoms with E-state index in [4.69, 9.17) is 14.5 Å². The van der Waals surface area contributed by atoms with Crippen LogP contribution in [0.2, 0.25) is 0 Å². The lowest BCUT2D eigenvalue weighted by atomic mass is 9.85. The van der Waals surface area contributed by atoms with E-state index in [1.54, 1.807) is 12.4 Å². The molecule has 0 saturated heterocycles. The number of carboxylic acids is 1. The topological polar surface area (TPSA) is 94.4 Å². The molecule has 0 radical (unpaired) electrons. The van der Waals surface area contributed by atoms with E-state index in [-0.39, 0.29) is 0 Å². The molecule has 0 amide bonds. The summed E-state index contributed by atoms with van der Waals surface area (Å²) in [5.74, 6) is -0.237. The summed E-state index contributed by atoms with van der Waals surface area (Å²) in [4.78, 5) is 25.9. The number of rotatable bonds is 5. The van der Waals surface area contributed by atoms with Crippen molar-refractivity contribution in [3.63, 3.8) is 0 Å². The molecular weight excluding hydrogens is 490 g/mol. The van der Waals surface area contributed by atoms with Crippen molar-refractivity contribution in [2.24, 2.45) is 0 Å². The first-order valence-corrected chi connectivity index (χ1v) is 13.0. The predicted octanol–water partition coefficient (Wildman–Crippen LogP) is 6.70. The summed E-state index contributed by atoms with van der Waals surface area (Å²) in [5, 5.41) is 13.3. The van der Waals surface area contributed by atoms with E-state index in [9.17, 15) is 9.90 Å². The lowest BCUT2D eigenvalue weighted by Gasteiger charge is -2.29. The molecule has 7 nitrogen and oxygen atoms in total. The van der Waals surface area contributed by atoms with Crippen LogP contribution in [0.25, 0.3) is 43.9 Å². The second kappa shape index (κ2) is 9.43. The van der Waals surface area contributed by atoms with Crippen molar-refractivity contribution < 1.29 is 19.4 Å². The molecule has 3 aromatic carbocycles. The van der Waals surface area contributed by atoms with E-state index < -0.39 is 17.7 Å². The van der Waals surface area contributed by atoms with Gasteiger partial charge in [-0.25, -0.2) is 14.8 Å². The molecule has 5 aromatic rings. The number of carboxylic acid groups (broad SMARTS) is 1. The number of hydrogen-bond acceptors (Lipinski definition) is 6. The van der Waals surface area contributed by atoms with E-state index in [1.165, 1.54) is 11.9 Å². The highest BCUT2D eigenvalue weighted by Gasteiger charge is 2.32. The fraction of sp³-hybridized carbons (Fsp3) is 0.250. The third-order valence-corrected chi connectivity index (χ3v) is 7.08. The molecule has 0 spiro atoms. The van der Waals surface area contributed by atoms with Gasteiger partial charge in [0.2, 0.25) is 0 Å². The zero-order chi connectivity index (χ0) is 27.3. The highest BCUT2D eigenvalue weighted by atomic mass is 16.5. The molecule has 1 aliphatic rings. The molecule has 1 aliphatic heterocycles. The number of hydrogen-bond donors (Lipinski definition) is 1. The van der Waals surface area contributed by atoms with Gasteiger partial charge in [-0.2, -0.15) is 0 Å². The smallest absolute Gasteiger partial charge is 0.337 e. The Bertz CT molecular complexity index is 1730. The van der Waals surface area contributed by atoms with Gasteiger partial charge in [0, 0.05) is 47.1 Å². The molecule has 7 heteroatoms. The number of benzene rings is 3. The zero-order valence-electron chi connectivity index (χ0n) is 22.4. The number of aromatic nitrogens is 3. The highest BCUT2D eigenvalue weighted by Crippen LogP contribution is 2.45. The first-order valence-electron chi connectivity index (χ1n) is 13.0. The quantitative estimate of drug-likeness (QED) is 0.276. The minimum Gasteiger partial charge on any atom is -0.493 e. The van der Waals surface area contributed by atoms with Gasteiger partial charge in [0.1, 0.15) is 12.1 Å². The van der Waals surface area contributed by atoms with Crippen LogP contribution in [-0.2, 0) is 16.0 Å². The predicted molar refractivity (Wildman–Crippen MR) is 151 cm³/mol. The van der Waals surface area contributed by atoms with E-state index in [0.29, 0.717) is 12.2 Å². The number of nitrogens with zero attached hydrogens (tertiary/aromatic N) is 3. The van der Waals surface area contributed by atoms with Crippen molar-refractivity contribution in [2.75, 3.05) is 6.61 Å². The molecule has 1 N–H and O–H groups in total. The summed E-state index contributed by atoms with van der Waals surface area (Å²) in [6.07, 6.45) is 6.52. The Kier molecular flexibility index (Phi) is 6.03. The fourth-order valence-electron chi connectivity index (χ4n) is 5.51. The summed E-state index contributed by atoms with van der Waals surface area (Å²) in [5.41, 5.74) is 6.28. The Morgan fingerprint density at radius 1 is 1.05 bits per heavy atom. The lowest BCUT2D eigenvalue weighted by Crippen LogP contribution is -2.28. The molecule has 6 rings (SSSR count). The SMILES string of the molecule is Cc1cc2cc(-c3cncnc3)ccc2c(-c2ccc3c4c(ccnc24)CCO3)c1C(OC(C)(C)C)C(=O)O. The summed E-state index contributed by atoms with van der Waals surface area (Å²) in [7, 11) is 0. The van der Waals surface area contributed by atoms with Gasteiger partial charge in [-0.1, -0.05) is 18.2 Å². The molecule has 39 heavy (non-hydrogen) atoms. The Labute approximate surface area is 226 Å². The third kappa shape index (κ3) is 4.49. The maximum Gasteiger partial charge on any atom is 0.337 e. The third-order valence-electron chi connectivity index (χ3n) is 7.08. The van der Waals surface area contributed by atoms with Crippen LogP contribution in [0.5, 0.6) is 5.75 Å². The maximum atomic E-state index is 12.7. The molecule has 2 aromatic heterocycles. The molecule has 196 valence electrons. The first kappa shape index (κ1) is 24.9. The Balaban J connectivity index is 1.70.